The predicted octanol–water partition coefficient (Wildman–Crippen LogP) is 3.65. The van der Waals surface area contributed by atoms with Crippen molar-refractivity contribution in [3.63, 3.8) is 0 Å². The smallest absolute Gasteiger partial charge is 0.339 e. The van der Waals surface area contributed by atoms with Gasteiger partial charge in [0, 0.05) is 5.69 Å². The maximum atomic E-state index is 11.8. The van der Waals surface area contributed by atoms with E-state index in [1.807, 2.05) is 13.8 Å². The second-order valence-electron chi connectivity index (χ2n) is 3.75. The summed E-state index contributed by atoms with van der Waals surface area (Å²) in [4.78, 5) is 0.0292. The van der Waals surface area contributed by atoms with Gasteiger partial charge >= 0.3 is 10.1 Å². The zero-order valence-electron chi connectivity index (χ0n) is 12.1. The van der Waals surface area contributed by atoms with Gasteiger partial charge in [0.2, 0.25) is 0 Å². The molecule has 4 nitrogen and oxygen atoms in total. The highest BCUT2D eigenvalue weighted by Crippen LogP contribution is 2.17. The Labute approximate surface area is 121 Å². The van der Waals surface area contributed by atoms with E-state index < -0.39 is 10.1 Å². The van der Waals surface area contributed by atoms with E-state index in [9.17, 15) is 8.42 Å². The molecule has 0 spiro atoms. The maximum absolute atomic E-state index is 11.8. The summed E-state index contributed by atoms with van der Waals surface area (Å²) in [5.74, 6) is 0.0230. The number of anilines is 1. The van der Waals surface area contributed by atoms with Gasteiger partial charge in [-0.05, 0) is 37.3 Å². The molecule has 0 atom stereocenters. The number of rotatable bonds is 5. The lowest BCUT2D eigenvalue weighted by atomic mass is 10.3. The first-order valence-electron chi connectivity index (χ1n) is 6.14. The van der Waals surface area contributed by atoms with Crippen LogP contribution in [0.25, 0.3) is 0 Å². The summed E-state index contributed by atoms with van der Waals surface area (Å²) >= 11 is 0. The van der Waals surface area contributed by atoms with E-state index in [-0.39, 0.29) is 10.7 Å². The van der Waals surface area contributed by atoms with Gasteiger partial charge in [0.15, 0.2) is 0 Å². The van der Waals surface area contributed by atoms with Gasteiger partial charge in [0.25, 0.3) is 0 Å². The number of nitrogens with two attached hydrogens (primary N) is 1. The highest BCUT2D eigenvalue weighted by Gasteiger charge is 2.15. The van der Waals surface area contributed by atoms with Crippen molar-refractivity contribution < 1.29 is 12.6 Å². The van der Waals surface area contributed by atoms with Crippen LogP contribution in [0.2, 0.25) is 0 Å². The summed E-state index contributed by atoms with van der Waals surface area (Å²) in [5.41, 5.74) is 6.73. The fourth-order valence-corrected chi connectivity index (χ4v) is 1.99. The number of allylic oxidation sites excluding steroid dienone is 3. The van der Waals surface area contributed by atoms with E-state index in [4.69, 9.17) is 9.92 Å². The Kier molecular flexibility index (Phi) is 7.39. The van der Waals surface area contributed by atoms with Crippen molar-refractivity contribution in [3.8, 4) is 0 Å². The van der Waals surface area contributed by atoms with Crippen LogP contribution in [0.15, 0.2) is 65.8 Å². The SMILES string of the molecule is C=C(C)/C=C\C(=C)OS(=O)(=O)c1ccc(N)cc1.CC. The molecule has 5 heteroatoms. The number of benzene rings is 1. The van der Waals surface area contributed by atoms with E-state index in [1.54, 1.807) is 13.0 Å². The van der Waals surface area contributed by atoms with Crippen LogP contribution in [0.1, 0.15) is 20.8 Å². The summed E-state index contributed by atoms with van der Waals surface area (Å²) < 4.78 is 28.5. The van der Waals surface area contributed by atoms with E-state index in [0.29, 0.717) is 5.69 Å². The van der Waals surface area contributed by atoms with Gasteiger partial charge in [0.05, 0.1) is 0 Å². The molecular formula is C15H21NO3S. The van der Waals surface area contributed by atoms with Crippen molar-refractivity contribution in [2.75, 3.05) is 5.73 Å². The Morgan fingerprint density at radius 1 is 1.15 bits per heavy atom. The quantitative estimate of drug-likeness (QED) is 0.389. The summed E-state index contributed by atoms with van der Waals surface area (Å²) in [6, 6.07) is 5.73. The first kappa shape index (κ1) is 18.0. The Morgan fingerprint density at radius 2 is 1.65 bits per heavy atom. The van der Waals surface area contributed by atoms with Crippen LogP contribution in [0.3, 0.4) is 0 Å². The van der Waals surface area contributed by atoms with Gasteiger partial charge < -0.3 is 9.92 Å². The van der Waals surface area contributed by atoms with E-state index in [0.717, 1.165) is 5.57 Å². The van der Waals surface area contributed by atoms with Gasteiger partial charge in [-0.15, -0.1) is 0 Å². The minimum atomic E-state index is -3.86. The third kappa shape index (κ3) is 6.24. The molecule has 0 bridgehead atoms. The molecule has 1 rings (SSSR count). The topological polar surface area (TPSA) is 69.4 Å². The van der Waals surface area contributed by atoms with Gasteiger partial charge in [0.1, 0.15) is 10.7 Å². The molecule has 0 aromatic heterocycles. The van der Waals surface area contributed by atoms with Crippen LogP contribution in [-0.2, 0) is 14.3 Å². The molecule has 0 saturated carbocycles. The highest BCUT2D eigenvalue weighted by molar-refractivity contribution is 7.86. The van der Waals surface area contributed by atoms with Crippen LogP contribution in [-0.4, -0.2) is 8.42 Å². The fraction of sp³-hybridized carbons (Fsp3) is 0.200. The summed E-state index contributed by atoms with van der Waals surface area (Å²) in [6.07, 6.45) is 3.05. The Hall–Kier alpha value is -2.01. The molecule has 0 amide bonds. The molecule has 1 aromatic carbocycles. The van der Waals surface area contributed by atoms with Crippen molar-refractivity contribution in [2.45, 2.75) is 25.7 Å². The Bertz CT molecular complexity index is 584. The standard InChI is InChI=1S/C13H15NO3S.C2H6/c1-10(2)4-5-11(3)17-18(15,16)13-8-6-12(14)7-9-13;1-2/h4-9H,1,3,14H2,2H3;1-2H3/b5-4-;. The average molecular weight is 295 g/mol. The van der Waals surface area contributed by atoms with Crippen molar-refractivity contribution >= 4 is 15.8 Å². The van der Waals surface area contributed by atoms with Gasteiger partial charge in [-0.2, -0.15) is 8.42 Å². The molecule has 0 fully saturated rings. The Morgan fingerprint density at radius 3 is 2.10 bits per heavy atom. The van der Waals surface area contributed by atoms with E-state index in [1.165, 1.54) is 30.3 Å². The molecular weight excluding hydrogens is 274 g/mol. The molecule has 2 N–H and O–H groups in total. The molecule has 20 heavy (non-hydrogen) atoms. The lowest BCUT2D eigenvalue weighted by molar-refractivity contribution is 0.421. The third-order valence-electron chi connectivity index (χ3n) is 1.94. The lowest BCUT2D eigenvalue weighted by Crippen LogP contribution is -2.05. The summed E-state index contributed by atoms with van der Waals surface area (Å²) in [7, 11) is -3.86. The van der Waals surface area contributed by atoms with Crippen LogP contribution in [0.5, 0.6) is 0 Å². The minimum absolute atomic E-state index is 0.0230. The second kappa shape index (κ2) is 8.22. The minimum Gasteiger partial charge on any atom is -0.399 e. The Balaban J connectivity index is 0.00000172. The number of hydrogen-bond acceptors (Lipinski definition) is 4. The van der Waals surface area contributed by atoms with E-state index in [2.05, 4.69) is 13.2 Å². The monoisotopic (exact) mass is 295 g/mol. The van der Waals surface area contributed by atoms with Crippen LogP contribution >= 0.6 is 0 Å². The highest BCUT2D eigenvalue weighted by atomic mass is 32.2. The number of nitrogen functional groups attached to an aromatic ring is 1. The molecule has 1 aromatic rings. The molecule has 0 radical (unpaired) electrons. The van der Waals surface area contributed by atoms with E-state index >= 15 is 0 Å². The molecule has 0 unspecified atom stereocenters. The third-order valence-corrected chi connectivity index (χ3v) is 3.22. The fourth-order valence-electron chi connectivity index (χ4n) is 1.09. The van der Waals surface area contributed by atoms with Crippen LogP contribution in [0.4, 0.5) is 5.69 Å². The normalized spacial score (nSPS) is 10.6. The zero-order chi connectivity index (χ0) is 15.8. The second-order valence-corrected chi connectivity index (χ2v) is 5.30. The van der Waals surface area contributed by atoms with Crippen molar-refractivity contribution in [1.82, 2.24) is 0 Å². The predicted molar refractivity (Wildman–Crippen MR) is 83.6 cm³/mol. The largest absolute Gasteiger partial charge is 0.399 e. The van der Waals surface area contributed by atoms with Gasteiger partial charge in [-0.3, -0.25) is 0 Å². The maximum Gasteiger partial charge on any atom is 0.339 e. The molecule has 0 saturated heterocycles. The molecule has 0 aliphatic heterocycles. The van der Waals surface area contributed by atoms with Crippen LogP contribution < -0.4 is 5.73 Å². The first-order chi connectivity index (χ1) is 9.31. The number of hydrogen-bond donors (Lipinski definition) is 1. The first-order valence-corrected chi connectivity index (χ1v) is 7.54. The molecule has 110 valence electrons. The average Bonchev–Trinajstić information content (AvgIpc) is 2.39. The van der Waals surface area contributed by atoms with Crippen molar-refractivity contribution in [3.05, 3.63) is 60.9 Å². The van der Waals surface area contributed by atoms with Gasteiger partial charge in [-0.1, -0.05) is 38.7 Å². The van der Waals surface area contributed by atoms with Crippen molar-refractivity contribution in [2.24, 2.45) is 0 Å². The zero-order valence-corrected chi connectivity index (χ0v) is 12.9. The summed E-state index contributed by atoms with van der Waals surface area (Å²) in [5, 5.41) is 0. The lowest BCUT2D eigenvalue weighted by Gasteiger charge is -2.06. The molecule has 0 aliphatic rings. The summed E-state index contributed by atoms with van der Waals surface area (Å²) in [6.45, 7) is 12.9. The van der Waals surface area contributed by atoms with Gasteiger partial charge in [-0.25, -0.2) is 0 Å². The van der Waals surface area contributed by atoms with Crippen LogP contribution in [0, 0.1) is 0 Å². The molecule has 0 heterocycles. The molecule has 0 aliphatic carbocycles. The van der Waals surface area contributed by atoms with Crippen molar-refractivity contribution in [1.29, 1.82) is 0 Å².